The van der Waals surface area contributed by atoms with Crippen LogP contribution in [0.1, 0.15) is 31.7 Å². The first-order chi connectivity index (χ1) is 7.82. The molecule has 1 rings (SSSR count). The van der Waals surface area contributed by atoms with Crippen molar-refractivity contribution in [2.45, 2.75) is 26.2 Å². The van der Waals surface area contributed by atoms with Gasteiger partial charge in [-0.05, 0) is 46.0 Å². The Morgan fingerprint density at radius 3 is 2.47 bits per heavy atom. The Labute approximate surface area is 114 Å². The molecule has 1 aromatic carbocycles. The standard InChI is InChI=1S/C12H14BrClO3/c1-6(2)3-8(12(16)17)7-4-9(13)11(15)10(14)5-7/h4-6,8,15H,3H2,1-2H3,(H,16,17). The van der Waals surface area contributed by atoms with Crippen molar-refractivity contribution in [1.82, 2.24) is 0 Å². The van der Waals surface area contributed by atoms with E-state index in [0.717, 1.165) is 0 Å². The van der Waals surface area contributed by atoms with Gasteiger partial charge < -0.3 is 10.2 Å². The maximum atomic E-state index is 11.2. The second-order valence-electron chi connectivity index (χ2n) is 4.35. The normalized spacial score (nSPS) is 12.8. The molecule has 1 unspecified atom stereocenters. The summed E-state index contributed by atoms with van der Waals surface area (Å²) in [7, 11) is 0. The van der Waals surface area contributed by atoms with Crippen LogP contribution in [-0.4, -0.2) is 16.2 Å². The molecule has 0 saturated heterocycles. The number of aromatic hydroxyl groups is 1. The van der Waals surface area contributed by atoms with Crippen LogP contribution >= 0.6 is 27.5 Å². The SMILES string of the molecule is CC(C)CC(C(=O)O)c1cc(Cl)c(O)c(Br)c1. The summed E-state index contributed by atoms with van der Waals surface area (Å²) in [6.07, 6.45) is 0.531. The summed E-state index contributed by atoms with van der Waals surface area (Å²) < 4.78 is 0.412. The van der Waals surface area contributed by atoms with E-state index in [2.05, 4.69) is 15.9 Å². The van der Waals surface area contributed by atoms with Crippen LogP contribution < -0.4 is 0 Å². The minimum absolute atomic E-state index is 0.0656. The highest BCUT2D eigenvalue weighted by Gasteiger charge is 2.22. The molecule has 0 aliphatic heterocycles. The number of carboxylic acid groups (broad SMARTS) is 1. The van der Waals surface area contributed by atoms with E-state index >= 15 is 0 Å². The van der Waals surface area contributed by atoms with E-state index in [4.69, 9.17) is 11.6 Å². The Hall–Kier alpha value is -0.740. The molecule has 0 spiro atoms. The number of phenolic OH excluding ortho intramolecular Hbond substituents is 1. The molecular formula is C12H14BrClO3. The van der Waals surface area contributed by atoms with Gasteiger partial charge in [-0.3, -0.25) is 4.79 Å². The minimum Gasteiger partial charge on any atom is -0.505 e. The number of hydrogen-bond donors (Lipinski definition) is 2. The third-order valence-corrected chi connectivity index (χ3v) is 3.34. The van der Waals surface area contributed by atoms with Crippen LogP contribution in [0.3, 0.4) is 0 Å². The van der Waals surface area contributed by atoms with Crippen LogP contribution in [0.4, 0.5) is 0 Å². The number of carboxylic acids is 1. The molecule has 94 valence electrons. The molecule has 0 heterocycles. The molecule has 0 fully saturated rings. The average molecular weight is 322 g/mol. The van der Waals surface area contributed by atoms with Crippen molar-refractivity contribution in [2.24, 2.45) is 5.92 Å². The second-order valence-corrected chi connectivity index (χ2v) is 5.62. The number of rotatable bonds is 4. The molecule has 0 aliphatic rings. The van der Waals surface area contributed by atoms with E-state index in [1.165, 1.54) is 6.07 Å². The fraction of sp³-hybridized carbons (Fsp3) is 0.417. The van der Waals surface area contributed by atoms with Gasteiger partial charge in [-0.2, -0.15) is 0 Å². The lowest BCUT2D eigenvalue weighted by molar-refractivity contribution is -0.139. The first-order valence-corrected chi connectivity index (χ1v) is 6.40. The fourth-order valence-electron chi connectivity index (χ4n) is 1.64. The second kappa shape index (κ2) is 5.74. The highest BCUT2D eigenvalue weighted by Crippen LogP contribution is 2.36. The molecule has 0 aliphatic carbocycles. The van der Waals surface area contributed by atoms with Gasteiger partial charge in [-0.15, -0.1) is 0 Å². The fourth-order valence-corrected chi connectivity index (χ4v) is 2.46. The Morgan fingerprint density at radius 1 is 1.47 bits per heavy atom. The van der Waals surface area contributed by atoms with Crippen LogP contribution in [0.15, 0.2) is 16.6 Å². The van der Waals surface area contributed by atoms with Crippen LogP contribution in [-0.2, 0) is 4.79 Å². The summed E-state index contributed by atoms with van der Waals surface area (Å²) in [4.78, 5) is 11.2. The lowest BCUT2D eigenvalue weighted by Gasteiger charge is -2.16. The first kappa shape index (κ1) is 14.3. The Morgan fingerprint density at radius 2 is 2.06 bits per heavy atom. The molecule has 0 amide bonds. The predicted molar refractivity (Wildman–Crippen MR) is 70.6 cm³/mol. The highest BCUT2D eigenvalue weighted by atomic mass is 79.9. The predicted octanol–water partition coefficient (Wildman–Crippen LogP) is 4.02. The zero-order valence-electron chi connectivity index (χ0n) is 9.58. The van der Waals surface area contributed by atoms with Crippen molar-refractivity contribution in [3.8, 4) is 5.75 Å². The van der Waals surface area contributed by atoms with Gasteiger partial charge in [0.15, 0.2) is 0 Å². The Bertz CT molecular complexity index is 409. The molecule has 0 aromatic heterocycles. The van der Waals surface area contributed by atoms with Crippen LogP contribution in [0.25, 0.3) is 0 Å². The molecular weight excluding hydrogens is 307 g/mol. The number of benzene rings is 1. The zero-order valence-corrected chi connectivity index (χ0v) is 11.9. The van der Waals surface area contributed by atoms with Crippen molar-refractivity contribution in [1.29, 1.82) is 0 Å². The van der Waals surface area contributed by atoms with E-state index in [1.54, 1.807) is 6.07 Å². The van der Waals surface area contributed by atoms with Gasteiger partial charge in [-0.25, -0.2) is 0 Å². The summed E-state index contributed by atoms with van der Waals surface area (Å²) in [6, 6.07) is 3.10. The summed E-state index contributed by atoms with van der Waals surface area (Å²) in [5.74, 6) is -1.29. The van der Waals surface area contributed by atoms with Crippen molar-refractivity contribution in [3.63, 3.8) is 0 Å². The van der Waals surface area contributed by atoms with Gasteiger partial charge in [0.25, 0.3) is 0 Å². The third kappa shape index (κ3) is 3.61. The lowest BCUT2D eigenvalue weighted by Crippen LogP contribution is -2.14. The highest BCUT2D eigenvalue weighted by molar-refractivity contribution is 9.10. The molecule has 17 heavy (non-hydrogen) atoms. The molecule has 0 bridgehead atoms. The number of phenols is 1. The largest absolute Gasteiger partial charge is 0.505 e. The molecule has 1 aromatic rings. The number of hydrogen-bond acceptors (Lipinski definition) is 2. The number of halogens is 2. The van der Waals surface area contributed by atoms with Crippen LogP contribution in [0, 0.1) is 5.92 Å². The maximum absolute atomic E-state index is 11.2. The smallest absolute Gasteiger partial charge is 0.310 e. The van der Waals surface area contributed by atoms with Crippen molar-refractivity contribution in [2.75, 3.05) is 0 Å². The van der Waals surface area contributed by atoms with E-state index in [1.807, 2.05) is 13.8 Å². The summed E-state index contributed by atoms with van der Waals surface area (Å²) in [5, 5.41) is 18.9. The van der Waals surface area contributed by atoms with E-state index in [0.29, 0.717) is 16.5 Å². The molecule has 0 radical (unpaired) electrons. The van der Waals surface area contributed by atoms with E-state index in [-0.39, 0.29) is 16.7 Å². The third-order valence-electron chi connectivity index (χ3n) is 2.45. The van der Waals surface area contributed by atoms with Crippen molar-refractivity contribution >= 4 is 33.5 Å². The monoisotopic (exact) mass is 320 g/mol. The van der Waals surface area contributed by atoms with E-state index < -0.39 is 11.9 Å². The summed E-state index contributed by atoms with van der Waals surface area (Å²) >= 11 is 8.98. The maximum Gasteiger partial charge on any atom is 0.310 e. The zero-order chi connectivity index (χ0) is 13.2. The molecule has 1 atom stereocenters. The summed E-state index contributed by atoms with van der Waals surface area (Å²) in [6.45, 7) is 3.93. The number of carbonyl (C=O) groups is 1. The van der Waals surface area contributed by atoms with Crippen molar-refractivity contribution < 1.29 is 15.0 Å². The Balaban J connectivity index is 3.15. The van der Waals surface area contributed by atoms with Crippen molar-refractivity contribution in [3.05, 3.63) is 27.2 Å². The first-order valence-electron chi connectivity index (χ1n) is 5.23. The van der Waals surface area contributed by atoms with Gasteiger partial charge in [-0.1, -0.05) is 25.4 Å². The van der Waals surface area contributed by atoms with Gasteiger partial charge in [0.1, 0.15) is 5.75 Å². The average Bonchev–Trinajstić information content (AvgIpc) is 2.21. The van der Waals surface area contributed by atoms with Gasteiger partial charge in [0.05, 0.1) is 15.4 Å². The molecule has 3 nitrogen and oxygen atoms in total. The lowest BCUT2D eigenvalue weighted by atomic mass is 9.90. The van der Waals surface area contributed by atoms with Gasteiger partial charge >= 0.3 is 5.97 Å². The quantitative estimate of drug-likeness (QED) is 0.880. The number of aliphatic carboxylic acids is 1. The van der Waals surface area contributed by atoms with Gasteiger partial charge in [0.2, 0.25) is 0 Å². The van der Waals surface area contributed by atoms with Crippen LogP contribution in [0.2, 0.25) is 5.02 Å². The van der Waals surface area contributed by atoms with Crippen LogP contribution in [0.5, 0.6) is 5.75 Å². The molecule has 0 saturated carbocycles. The Kier molecular flexibility index (Phi) is 4.83. The minimum atomic E-state index is -0.882. The molecule has 5 heteroatoms. The molecule has 2 N–H and O–H groups in total. The topological polar surface area (TPSA) is 57.5 Å². The summed E-state index contributed by atoms with van der Waals surface area (Å²) in [5.41, 5.74) is 0.598. The van der Waals surface area contributed by atoms with E-state index in [9.17, 15) is 15.0 Å². The van der Waals surface area contributed by atoms with Gasteiger partial charge in [0, 0.05) is 0 Å².